The van der Waals surface area contributed by atoms with Gasteiger partial charge in [0.25, 0.3) is 0 Å². The highest BCUT2D eigenvalue weighted by molar-refractivity contribution is 8.01. The number of nitrogens with zero attached hydrogens (tertiary/aromatic N) is 1. The lowest BCUT2D eigenvalue weighted by molar-refractivity contribution is -0.161. The Morgan fingerprint density at radius 1 is 1.32 bits per heavy atom. The summed E-state index contributed by atoms with van der Waals surface area (Å²) >= 11 is 1.38. The van der Waals surface area contributed by atoms with Crippen molar-refractivity contribution in [3.63, 3.8) is 0 Å². The van der Waals surface area contributed by atoms with Gasteiger partial charge in [0.2, 0.25) is 11.8 Å². The Balaban J connectivity index is 0.00000225. The average molecular weight is 386 g/mol. The average Bonchev–Trinajstić information content (AvgIpc) is 2.80. The van der Waals surface area contributed by atoms with Crippen LogP contribution >= 0.6 is 24.2 Å². The van der Waals surface area contributed by atoms with Crippen LogP contribution in [-0.4, -0.2) is 50.0 Å². The summed E-state index contributed by atoms with van der Waals surface area (Å²) in [5.74, 6) is -1.86. The standard InChI is InChI=1S/C16H19N3O4S.ClH/c1-16(2)11(15(22)23)19-13(21)10(14(19)24-16)18-12(20)9(17)8-6-4-3-5-7-8;/h3-7,9-11,14H,17H2,1-2H3,(H,18,20)(H,22,23);1H/t9-,10?,11+,14-;/m1./s1. The van der Waals surface area contributed by atoms with Gasteiger partial charge in [0, 0.05) is 4.75 Å². The number of nitrogens with one attached hydrogen (secondary N) is 1. The Kier molecular flexibility index (Phi) is 5.36. The van der Waals surface area contributed by atoms with Gasteiger partial charge in [0.1, 0.15) is 23.5 Å². The van der Waals surface area contributed by atoms with Crippen LogP contribution in [-0.2, 0) is 14.4 Å². The van der Waals surface area contributed by atoms with E-state index < -0.39 is 34.7 Å². The number of rotatable bonds is 4. The first kappa shape index (κ1) is 19.6. The predicted octanol–water partition coefficient (Wildman–Crippen LogP) is 0.740. The fourth-order valence-electron chi connectivity index (χ4n) is 3.20. The van der Waals surface area contributed by atoms with E-state index in [4.69, 9.17) is 5.73 Å². The minimum atomic E-state index is -1.03. The first-order chi connectivity index (χ1) is 11.2. The van der Waals surface area contributed by atoms with Crippen molar-refractivity contribution < 1.29 is 19.5 Å². The summed E-state index contributed by atoms with van der Waals surface area (Å²) in [5.41, 5.74) is 6.59. The lowest BCUT2D eigenvalue weighted by Crippen LogP contribution is -2.71. The second-order valence-electron chi connectivity index (χ2n) is 6.47. The molecule has 2 heterocycles. The molecule has 0 saturated carbocycles. The van der Waals surface area contributed by atoms with E-state index in [-0.39, 0.29) is 23.7 Å². The van der Waals surface area contributed by atoms with Crippen molar-refractivity contribution in [2.75, 3.05) is 0 Å². The number of hydrogen-bond donors (Lipinski definition) is 3. The summed E-state index contributed by atoms with van der Waals surface area (Å²) in [7, 11) is 0. The van der Waals surface area contributed by atoms with Gasteiger partial charge in [0.05, 0.1) is 0 Å². The molecule has 0 aromatic heterocycles. The Morgan fingerprint density at radius 3 is 2.48 bits per heavy atom. The third kappa shape index (κ3) is 3.21. The first-order valence-corrected chi connectivity index (χ1v) is 8.45. The van der Waals surface area contributed by atoms with Crippen LogP contribution in [0.1, 0.15) is 25.5 Å². The molecule has 0 spiro atoms. The number of aliphatic carboxylic acids is 1. The monoisotopic (exact) mass is 385 g/mol. The zero-order chi connectivity index (χ0) is 17.6. The molecule has 9 heteroatoms. The topological polar surface area (TPSA) is 113 Å². The molecule has 1 aromatic rings. The smallest absolute Gasteiger partial charge is 0.327 e. The van der Waals surface area contributed by atoms with Gasteiger partial charge in [-0.05, 0) is 19.4 Å². The molecule has 2 aliphatic rings. The van der Waals surface area contributed by atoms with Crippen LogP contribution in [0.4, 0.5) is 0 Å². The van der Waals surface area contributed by atoms with Gasteiger partial charge in [-0.25, -0.2) is 4.79 Å². The number of benzene rings is 1. The third-order valence-corrected chi connectivity index (χ3v) is 5.99. The SMILES string of the molecule is CC1(C)S[C@@H]2C(NC(=O)[C@H](N)c3ccccc3)C(=O)N2[C@H]1C(=O)O.Cl. The molecule has 1 unspecified atom stereocenters. The Hall–Kier alpha value is -1.77. The van der Waals surface area contributed by atoms with Crippen LogP contribution < -0.4 is 11.1 Å². The molecule has 1 aromatic carbocycles. The lowest BCUT2D eigenvalue weighted by Gasteiger charge is -2.43. The normalized spacial score (nSPS) is 27.6. The maximum absolute atomic E-state index is 12.3. The Morgan fingerprint density at radius 2 is 1.92 bits per heavy atom. The van der Waals surface area contributed by atoms with Gasteiger partial charge in [-0.15, -0.1) is 24.2 Å². The van der Waals surface area contributed by atoms with Crippen molar-refractivity contribution in [1.29, 1.82) is 0 Å². The molecule has 2 fully saturated rings. The van der Waals surface area contributed by atoms with Gasteiger partial charge in [0.15, 0.2) is 0 Å². The number of thioether (sulfide) groups is 1. The zero-order valence-corrected chi connectivity index (χ0v) is 15.3. The number of nitrogens with two attached hydrogens (primary N) is 1. The number of halogens is 1. The first-order valence-electron chi connectivity index (χ1n) is 7.58. The van der Waals surface area contributed by atoms with Gasteiger partial charge in [-0.2, -0.15) is 0 Å². The van der Waals surface area contributed by atoms with E-state index in [1.54, 1.807) is 38.1 Å². The maximum atomic E-state index is 12.3. The molecule has 0 bridgehead atoms. The molecule has 2 aliphatic heterocycles. The number of carboxylic acid groups (broad SMARTS) is 1. The van der Waals surface area contributed by atoms with E-state index in [1.165, 1.54) is 16.7 Å². The van der Waals surface area contributed by atoms with Crippen LogP contribution in [0.3, 0.4) is 0 Å². The molecule has 25 heavy (non-hydrogen) atoms. The highest BCUT2D eigenvalue weighted by atomic mass is 35.5. The molecule has 2 amide bonds. The van der Waals surface area contributed by atoms with Crippen molar-refractivity contribution in [2.45, 2.75) is 42.1 Å². The van der Waals surface area contributed by atoms with Crippen LogP contribution in [0.5, 0.6) is 0 Å². The van der Waals surface area contributed by atoms with Crippen molar-refractivity contribution in [3.8, 4) is 0 Å². The predicted molar refractivity (Wildman–Crippen MR) is 96.3 cm³/mol. The summed E-state index contributed by atoms with van der Waals surface area (Å²) < 4.78 is -0.618. The molecule has 4 N–H and O–H groups in total. The maximum Gasteiger partial charge on any atom is 0.327 e. The van der Waals surface area contributed by atoms with Crippen LogP contribution in [0.2, 0.25) is 0 Å². The number of carboxylic acids is 1. The Bertz CT molecular complexity index is 700. The molecule has 2 saturated heterocycles. The number of amides is 2. The highest BCUT2D eigenvalue weighted by Crippen LogP contribution is 2.50. The molecule has 7 nitrogen and oxygen atoms in total. The summed E-state index contributed by atoms with van der Waals surface area (Å²) in [4.78, 5) is 37.5. The Labute approximate surface area is 155 Å². The van der Waals surface area contributed by atoms with Crippen molar-refractivity contribution in [1.82, 2.24) is 10.2 Å². The van der Waals surface area contributed by atoms with Crippen molar-refractivity contribution in [2.24, 2.45) is 5.73 Å². The van der Waals surface area contributed by atoms with Crippen molar-refractivity contribution in [3.05, 3.63) is 35.9 Å². The second kappa shape index (κ2) is 6.86. The summed E-state index contributed by atoms with van der Waals surface area (Å²) in [5, 5.41) is 11.7. The van der Waals surface area contributed by atoms with Crippen LogP contribution in [0.15, 0.2) is 30.3 Å². The molecule has 0 aliphatic carbocycles. The summed E-state index contributed by atoms with van der Waals surface area (Å²) in [6.45, 7) is 3.58. The van der Waals surface area contributed by atoms with E-state index in [0.29, 0.717) is 5.56 Å². The van der Waals surface area contributed by atoms with Gasteiger partial charge in [-0.3, -0.25) is 9.59 Å². The minimum absolute atomic E-state index is 0. The number of hydrogen-bond acceptors (Lipinski definition) is 5. The van der Waals surface area contributed by atoms with E-state index in [0.717, 1.165) is 0 Å². The lowest BCUT2D eigenvalue weighted by atomic mass is 9.95. The van der Waals surface area contributed by atoms with Crippen molar-refractivity contribution >= 4 is 42.0 Å². The fraction of sp³-hybridized carbons (Fsp3) is 0.438. The molecular formula is C16H20ClN3O4S. The molecular weight excluding hydrogens is 366 g/mol. The van der Waals surface area contributed by atoms with Gasteiger partial charge < -0.3 is 21.1 Å². The quantitative estimate of drug-likeness (QED) is 0.659. The number of β-lactam (4-membered cyclic amide) rings is 1. The third-order valence-electron chi connectivity index (χ3n) is 4.41. The zero-order valence-electron chi connectivity index (χ0n) is 13.7. The van der Waals surface area contributed by atoms with Gasteiger partial charge in [-0.1, -0.05) is 30.3 Å². The van der Waals surface area contributed by atoms with Gasteiger partial charge >= 0.3 is 5.97 Å². The number of carbonyl (C=O) groups is 3. The molecule has 0 radical (unpaired) electrons. The number of carbonyl (C=O) groups excluding carboxylic acids is 2. The second-order valence-corrected chi connectivity index (χ2v) is 8.24. The fourth-order valence-corrected chi connectivity index (χ4v) is 4.83. The number of fused-ring (bicyclic) bond motifs is 1. The van der Waals surface area contributed by atoms with Crippen LogP contribution in [0, 0.1) is 0 Å². The largest absolute Gasteiger partial charge is 0.480 e. The molecule has 4 atom stereocenters. The van der Waals surface area contributed by atoms with E-state index in [9.17, 15) is 19.5 Å². The van der Waals surface area contributed by atoms with E-state index >= 15 is 0 Å². The van der Waals surface area contributed by atoms with Crippen LogP contribution in [0.25, 0.3) is 0 Å². The minimum Gasteiger partial charge on any atom is -0.480 e. The summed E-state index contributed by atoms with van der Waals surface area (Å²) in [6.07, 6.45) is 0. The highest BCUT2D eigenvalue weighted by Gasteiger charge is 2.64. The van der Waals surface area contributed by atoms with E-state index in [1.807, 2.05) is 6.07 Å². The molecule has 136 valence electrons. The molecule has 3 rings (SSSR count). The van der Waals surface area contributed by atoms with E-state index in [2.05, 4.69) is 5.32 Å². The summed E-state index contributed by atoms with van der Waals surface area (Å²) in [6, 6.07) is 6.38.